The van der Waals surface area contributed by atoms with E-state index >= 15 is 0 Å². The topological polar surface area (TPSA) is 41.5 Å². The number of rotatable bonds is 6. The van der Waals surface area contributed by atoms with Crippen LogP contribution in [0.4, 0.5) is 0 Å². The summed E-state index contributed by atoms with van der Waals surface area (Å²) in [5.74, 6) is 0.934. The summed E-state index contributed by atoms with van der Waals surface area (Å²) in [5, 5.41) is 12.2. The SMILES string of the molecule is CNC(CCCO)c1ccc(OC)c(C)c1C. The second kappa shape index (κ2) is 6.62. The van der Waals surface area contributed by atoms with E-state index in [2.05, 4.69) is 25.2 Å². The number of methoxy groups -OCH3 is 1. The Balaban J connectivity index is 3.00. The Morgan fingerprint density at radius 1 is 1.29 bits per heavy atom. The lowest BCUT2D eigenvalue weighted by Gasteiger charge is -2.21. The number of hydrogen-bond acceptors (Lipinski definition) is 3. The van der Waals surface area contributed by atoms with Crippen LogP contribution in [0.3, 0.4) is 0 Å². The van der Waals surface area contributed by atoms with Gasteiger partial charge in [0, 0.05) is 12.6 Å². The summed E-state index contributed by atoms with van der Waals surface area (Å²) in [7, 11) is 3.66. The molecular formula is C14H23NO2. The molecule has 1 rings (SSSR count). The maximum atomic E-state index is 8.92. The Labute approximate surface area is 104 Å². The molecule has 0 radical (unpaired) electrons. The summed E-state index contributed by atoms with van der Waals surface area (Å²) in [6.45, 7) is 4.44. The van der Waals surface area contributed by atoms with Gasteiger partial charge in [-0.3, -0.25) is 0 Å². The molecule has 0 saturated heterocycles. The molecule has 0 fully saturated rings. The van der Waals surface area contributed by atoms with Gasteiger partial charge in [0.25, 0.3) is 0 Å². The van der Waals surface area contributed by atoms with Crippen molar-refractivity contribution in [3.63, 3.8) is 0 Å². The van der Waals surface area contributed by atoms with Crippen LogP contribution < -0.4 is 10.1 Å². The van der Waals surface area contributed by atoms with Crippen LogP contribution in [0.25, 0.3) is 0 Å². The first-order valence-corrected chi connectivity index (χ1v) is 6.07. The molecule has 0 aliphatic carbocycles. The predicted octanol–water partition coefficient (Wildman–Crippen LogP) is 2.35. The van der Waals surface area contributed by atoms with E-state index in [0.29, 0.717) is 6.04 Å². The van der Waals surface area contributed by atoms with Gasteiger partial charge in [-0.25, -0.2) is 0 Å². The van der Waals surface area contributed by atoms with Gasteiger partial charge in [0.05, 0.1) is 7.11 Å². The molecule has 17 heavy (non-hydrogen) atoms. The lowest BCUT2D eigenvalue weighted by Crippen LogP contribution is -2.18. The quantitative estimate of drug-likeness (QED) is 0.798. The van der Waals surface area contributed by atoms with Crippen LogP contribution in [0.5, 0.6) is 5.75 Å². The van der Waals surface area contributed by atoms with Crippen molar-refractivity contribution in [3.05, 3.63) is 28.8 Å². The zero-order chi connectivity index (χ0) is 12.8. The monoisotopic (exact) mass is 237 g/mol. The molecule has 0 bridgehead atoms. The fourth-order valence-corrected chi connectivity index (χ4v) is 2.17. The molecule has 0 aromatic heterocycles. The molecule has 96 valence electrons. The maximum absolute atomic E-state index is 8.92. The largest absolute Gasteiger partial charge is 0.496 e. The van der Waals surface area contributed by atoms with Crippen LogP contribution >= 0.6 is 0 Å². The zero-order valence-corrected chi connectivity index (χ0v) is 11.2. The minimum Gasteiger partial charge on any atom is -0.496 e. The third-order valence-electron chi connectivity index (χ3n) is 3.37. The van der Waals surface area contributed by atoms with Crippen LogP contribution in [0.1, 0.15) is 35.6 Å². The van der Waals surface area contributed by atoms with E-state index in [4.69, 9.17) is 9.84 Å². The summed E-state index contributed by atoms with van der Waals surface area (Å²) in [6, 6.07) is 4.42. The van der Waals surface area contributed by atoms with Crippen LogP contribution in [-0.4, -0.2) is 25.9 Å². The van der Waals surface area contributed by atoms with Gasteiger partial charge in [0.15, 0.2) is 0 Å². The molecule has 0 amide bonds. The van der Waals surface area contributed by atoms with Crippen molar-refractivity contribution < 1.29 is 9.84 Å². The fourth-order valence-electron chi connectivity index (χ4n) is 2.17. The lowest BCUT2D eigenvalue weighted by atomic mass is 9.94. The highest BCUT2D eigenvalue weighted by atomic mass is 16.5. The average molecular weight is 237 g/mol. The van der Waals surface area contributed by atoms with Crippen LogP contribution in [-0.2, 0) is 0 Å². The van der Waals surface area contributed by atoms with E-state index in [1.165, 1.54) is 16.7 Å². The van der Waals surface area contributed by atoms with Crippen molar-refractivity contribution in [2.75, 3.05) is 20.8 Å². The number of aliphatic hydroxyl groups is 1. The molecule has 1 aromatic carbocycles. The first-order chi connectivity index (χ1) is 8.15. The molecule has 0 aliphatic heterocycles. The zero-order valence-electron chi connectivity index (χ0n) is 11.2. The third kappa shape index (κ3) is 3.20. The van der Waals surface area contributed by atoms with Gasteiger partial charge in [-0.1, -0.05) is 6.07 Å². The normalized spacial score (nSPS) is 12.5. The van der Waals surface area contributed by atoms with Crippen molar-refractivity contribution in [1.82, 2.24) is 5.32 Å². The Hall–Kier alpha value is -1.06. The standard InChI is InChI=1S/C14H23NO2/c1-10-11(2)14(17-4)8-7-12(10)13(15-3)6-5-9-16/h7-8,13,15-16H,5-6,9H2,1-4H3. The molecule has 0 spiro atoms. The smallest absolute Gasteiger partial charge is 0.122 e. The molecule has 0 heterocycles. The van der Waals surface area contributed by atoms with E-state index in [1.807, 2.05) is 13.1 Å². The minimum atomic E-state index is 0.242. The van der Waals surface area contributed by atoms with E-state index in [1.54, 1.807) is 7.11 Å². The van der Waals surface area contributed by atoms with Crippen molar-refractivity contribution >= 4 is 0 Å². The van der Waals surface area contributed by atoms with E-state index < -0.39 is 0 Å². The predicted molar refractivity (Wildman–Crippen MR) is 70.6 cm³/mol. The number of benzene rings is 1. The van der Waals surface area contributed by atoms with Gasteiger partial charge in [0.1, 0.15) is 5.75 Å². The summed E-state index contributed by atoms with van der Waals surface area (Å²) < 4.78 is 5.31. The summed E-state index contributed by atoms with van der Waals surface area (Å²) >= 11 is 0. The highest BCUT2D eigenvalue weighted by molar-refractivity contribution is 5.44. The number of nitrogens with one attached hydrogen (secondary N) is 1. The summed E-state index contributed by atoms with van der Waals surface area (Å²) in [4.78, 5) is 0. The highest BCUT2D eigenvalue weighted by Crippen LogP contribution is 2.29. The molecule has 1 aromatic rings. The first kappa shape index (κ1) is 14.0. The molecule has 1 atom stereocenters. The number of aliphatic hydroxyl groups excluding tert-OH is 1. The number of hydrogen-bond donors (Lipinski definition) is 2. The first-order valence-electron chi connectivity index (χ1n) is 6.07. The molecule has 0 saturated carbocycles. The van der Waals surface area contributed by atoms with Crippen molar-refractivity contribution in [3.8, 4) is 5.75 Å². The second-order valence-electron chi connectivity index (χ2n) is 4.31. The van der Waals surface area contributed by atoms with Gasteiger partial charge in [-0.15, -0.1) is 0 Å². The molecule has 3 heteroatoms. The van der Waals surface area contributed by atoms with Gasteiger partial charge in [-0.2, -0.15) is 0 Å². The molecule has 3 nitrogen and oxygen atoms in total. The van der Waals surface area contributed by atoms with Crippen LogP contribution in [0, 0.1) is 13.8 Å². The van der Waals surface area contributed by atoms with E-state index in [9.17, 15) is 0 Å². The fraction of sp³-hybridized carbons (Fsp3) is 0.571. The van der Waals surface area contributed by atoms with E-state index in [-0.39, 0.29) is 6.61 Å². The summed E-state index contributed by atoms with van der Waals surface area (Å²) in [6.07, 6.45) is 1.76. The van der Waals surface area contributed by atoms with Crippen molar-refractivity contribution in [2.24, 2.45) is 0 Å². The summed E-state index contributed by atoms with van der Waals surface area (Å²) in [5.41, 5.74) is 3.75. The lowest BCUT2D eigenvalue weighted by molar-refractivity contribution is 0.276. The molecule has 1 unspecified atom stereocenters. The van der Waals surface area contributed by atoms with Gasteiger partial charge >= 0.3 is 0 Å². The van der Waals surface area contributed by atoms with Crippen LogP contribution in [0.15, 0.2) is 12.1 Å². The van der Waals surface area contributed by atoms with Crippen molar-refractivity contribution in [1.29, 1.82) is 0 Å². The Bertz CT molecular complexity index is 363. The maximum Gasteiger partial charge on any atom is 0.122 e. The van der Waals surface area contributed by atoms with Crippen molar-refractivity contribution in [2.45, 2.75) is 32.7 Å². The highest BCUT2D eigenvalue weighted by Gasteiger charge is 2.14. The van der Waals surface area contributed by atoms with Gasteiger partial charge in [0.2, 0.25) is 0 Å². The molecule has 0 aliphatic rings. The molecular weight excluding hydrogens is 214 g/mol. The Morgan fingerprint density at radius 3 is 2.53 bits per heavy atom. The second-order valence-corrected chi connectivity index (χ2v) is 4.31. The van der Waals surface area contributed by atoms with E-state index in [0.717, 1.165) is 18.6 Å². The van der Waals surface area contributed by atoms with Crippen LogP contribution in [0.2, 0.25) is 0 Å². The Morgan fingerprint density at radius 2 is 2.00 bits per heavy atom. The minimum absolute atomic E-state index is 0.242. The average Bonchev–Trinajstić information content (AvgIpc) is 2.35. The molecule has 2 N–H and O–H groups in total. The van der Waals surface area contributed by atoms with Gasteiger partial charge in [-0.05, 0) is 56.5 Å². The Kier molecular flexibility index (Phi) is 5.45. The number of ether oxygens (including phenoxy) is 1. The van der Waals surface area contributed by atoms with Gasteiger partial charge < -0.3 is 15.2 Å². The third-order valence-corrected chi connectivity index (χ3v) is 3.37.